The molecule has 0 amide bonds. The van der Waals surface area contributed by atoms with Gasteiger partial charge in [0.15, 0.2) is 18.1 Å². The zero-order valence-electron chi connectivity index (χ0n) is 15.3. The van der Waals surface area contributed by atoms with Crippen LogP contribution in [0.2, 0.25) is 0 Å². The van der Waals surface area contributed by atoms with Crippen LogP contribution in [0.15, 0.2) is 12.1 Å². The molecule has 0 aromatic heterocycles. The van der Waals surface area contributed by atoms with E-state index >= 15 is 0 Å². The number of rotatable bonds is 8. The number of esters is 2. The van der Waals surface area contributed by atoms with Crippen molar-refractivity contribution in [2.75, 3.05) is 34.5 Å². The molecule has 1 aromatic carbocycles. The summed E-state index contributed by atoms with van der Waals surface area (Å²) in [5.41, 5.74) is 0.108. The second kappa shape index (κ2) is 9.47. The first-order chi connectivity index (χ1) is 12.9. The molecule has 3 atom stereocenters. The normalized spacial score (nSPS) is 21.4. The smallest absolute Gasteiger partial charge is 0.344 e. The Morgan fingerprint density at radius 1 is 1.19 bits per heavy atom. The molecule has 0 aliphatic carbocycles. The Labute approximate surface area is 157 Å². The van der Waals surface area contributed by atoms with Crippen LogP contribution in [-0.4, -0.2) is 77.6 Å². The van der Waals surface area contributed by atoms with Gasteiger partial charge in [-0.1, -0.05) is 0 Å². The SMILES string of the molecule is [B]C1CC(OC(=O)COC(=O)c2cc(OC)c(OC)c(OC)c2)C(CO)O1. The number of hydrogen-bond donors (Lipinski definition) is 1. The molecule has 1 N–H and O–H groups in total. The van der Waals surface area contributed by atoms with Gasteiger partial charge in [-0.3, -0.25) is 0 Å². The van der Waals surface area contributed by atoms with Crippen LogP contribution in [0.3, 0.4) is 0 Å². The lowest BCUT2D eigenvalue weighted by Gasteiger charge is -2.17. The average Bonchev–Trinajstić information content (AvgIpc) is 3.03. The van der Waals surface area contributed by atoms with Crippen molar-refractivity contribution in [1.29, 1.82) is 0 Å². The minimum atomic E-state index is -0.781. The van der Waals surface area contributed by atoms with Crippen molar-refractivity contribution in [2.45, 2.75) is 24.6 Å². The van der Waals surface area contributed by atoms with Gasteiger partial charge < -0.3 is 33.5 Å². The highest BCUT2D eigenvalue weighted by Crippen LogP contribution is 2.38. The number of methoxy groups -OCH3 is 3. The predicted molar refractivity (Wildman–Crippen MR) is 92.4 cm³/mol. The number of hydrogen-bond acceptors (Lipinski definition) is 9. The van der Waals surface area contributed by atoms with E-state index in [1.165, 1.54) is 33.5 Å². The summed E-state index contributed by atoms with van der Waals surface area (Å²) in [5, 5.41) is 9.18. The van der Waals surface area contributed by atoms with Crippen LogP contribution in [-0.2, 0) is 19.0 Å². The maximum atomic E-state index is 12.2. The van der Waals surface area contributed by atoms with Crippen molar-refractivity contribution in [3.63, 3.8) is 0 Å². The third-order valence-corrected chi connectivity index (χ3v) is 3.91. The van der Waals surface area contributed by atoms with Gasteiger partial charge in [0.05, 0.1) is 33.5 Å². The summed E-state index contributed by atoms with van der Waals surface area (Å²) in [6.07, 6.45) is -1.15. The van der Waals surface area contributed by atoms with E-state index in [0.717, 1.165) is 0 Å². The molecule has 146 valence electrons. The summed E-state index contributed by atoms with van der Waals surface area (Å²) in [5.74, 6) is -0.687. The van der Waals surface area contributed by atoms with Gasteiger partial charge in [0.1, 0.15) is 20.1 Å². The number of aliphatic hydroxyl groups is 1. The zero-order valence-corrected chi connectivity index (χ0v) is 15.3. The lowest BCUT2D eigenvalue weighted by Crippen LogP contribution is -2.31. The summed E-state index contributed by atoms with van der Waals surface area (Å²) in [6.45, 7) is -0.948. The van der Waals surface area contributed by atoms with Crippen molar-refractivity contribution in [2.24, 2.45) is 0 Å². The van der Waals surface area contributed by atoms with Crippen LogP contribution >= 0.6 is 0 Å². The molecule has 0 saturated carbocycles. The number of carbonyl (C=O) groups is 2. The summed E-state index contributed by atoms with van der Waals surface area (Å²) >= 11 is 0. The molecular formula is C17H21BO9. The van der Waals surface area contributed by atoms with E-state index in [9.17, 15) is 14.7 Å². The minimum absolute atomic E-state index is 0.108. The molecule has 27 heavy (non-hydrogen) atoms. The van der Waals surface area contributed by atoms with Gasteiger partial charge in [-0.05, 0) is 12.1 Å². The summed E-state index contributed by atoms with van der Waals surface area (Å²) in [6, 6.07) is 2.18. The predicted octanol–water partition coefficient (Wildman–Crippen LogP) is 0.0568. The lowest BCUT2D eigenvalue weighted by atomic mass is 9.96. The molecular weight excluding hydrogens is 359 g/mol. The Bertz CT molecular complexity index is 653. The fourth-order valence-corrected chi connectivity index (χ4v) is 2.64. The van der Waals surface area contributed by atoms with Crippen LogP contribution in [0.5, 0.6) is 17.2 Å². The monoisotopic (exact) mass is 380 g/mol. The number of ether oxygens (including phenoxy) is 6. The summed E-state index contributed by atoms with van der Waals surface area (Å²) in [7, 11) is 9.86. The molecule has 0 spiro atoms. The zero-order chi connectivity index (χ0) is 20.0. The highest BCUT2D eigenvalue weighted by molar-refractivity contribution is 6.11. The van der Waals surface area contributed by atoms with Crippen LogP contribution in [0, 0.1) is 0 Å². The highest BCUT2D eigenvalue weighted by Gasteiger charge is 2.35. The van der Waals surface area contributed by atoms with Gasteiger partial charge in [0.2, 0.25) is 5.75 Å². The third-order valence-electron chi connectivity index (χ3n) is 3.91. The highest BCUT2D eigenvalue weighted by atomic mass is 16.6. The molecule has 1 heterocycles. The quantitative estimate of drug-likeness (QED) is 0.494. The standard InChI is InChI=1S/C17H21BO9/c1-22-11-4-9(5-12(23-2)16(11)24-3)17(21)25-8-15(20)27-10-6-14(18)26-13(10)7-19/h4-5,10,13-14,19H,6-8H2,1-3H3. The van der Waals surface area contributed by atoms with Gasteiger partial charge in [-0.2, -0.15) is 0 Å². The summed E-state index contributed by atoms with van der Waals surface area (Å²) < 4.78 is 30.8. The van der Waals surface area contributed by atoms with Gasteiger partial charge in [0.25, 0.3) is 0 Å². The van der Waals surface area contributed by atoms with E-state index in [0.29, 0.717) is 5.75 Å². The molecule has 2 radical (unpaired) electrons. The molecule has 0 bridgehead atoms. The van der Waals surface area contributed by atoms with Crippen molar-refractivity contribution in [1.82, 2.24) is 0 Å². The van der Waals surface area contributed by atoms with Gasteiger partial charge in [-0.15, -0.1) is 0 Å². The molecule has 1 fully saturated rings. The van der Waals surface area contributed by atoms with Crippen LogP contribution in [0.1, 0.15) is 16.8 Å². The van der Waals surface area contributed by atoms with E-state index in [1.54, 1.807) is 0 Å². The second-order valence-corrected chi connectivity index (χ2v) is 5.65. The first kappa shape index (κ1) is 20.9. The lowest BCUT2D eigenvalue weighted by molar-refractivity contribution is -0.156. The Morgan fingerprint density at radius 2 is 1.81 bits per heavy atom. The van der Waals surface area contributed by atoms with Crippen molar-refractivity contribution in [3.8, 4) is 17.2 Å². The number of aliphatic hydroxyl groups excluding tert-OH is 1. The second-order valence-electron chi connectivity index (χ2n) is 5.65. The Morgan fingerprint density at radius 3 is 2.33 bits per heavy atom. The van der Waals surface area contributed by atoms with E-state index < -0.39 is 36.8 Å². The van der Waals surface area contributed by atoms with Gasteiger partial charge >= 0.3 is 11.9 Å². The Kier molecular flexibility index (Phi) is 7.32. The van der Waals surface area contributed by atoms with Gasteiger partial charge in [-0.25, -0.2) is 9.59 Å². The number of benzene rings is 1. The fourth-order valence-electron chi connectivity index (χ4n) is 2.64. The maximum Gasteiger partial charge on any atom is 0.344 e. The van der Waals surface area contributed by atoms with Crippen molar-refractivity contribution >= 4 is 19.8 Å². The topological polar surface area (TPSA) is 110 Å². The van der Waals surface area contributed by atoms with Gasteiger partial charge in [0, 0.05) is 12.4 Å². The molecule has 3 unspecified atom stereocenters. The number of carbonyl (C=O) groups excluding carboxylic acids is 2. The molecule has 9 nitrogen and oxygen atoms in total. The van der Waals surface area contributed by atoms with E-state index in [1.807, 2.05) is 0 Å². The largest absolute Gasteiger partial charge is 0.493 e. The fraction of sp³-hybridized carbons (Fsp3) is 0.529. The van der Waals surface area contributed by atoms with Crippen LogP contribution in [0.4, 0.5) is 0 Å². The Balaban J connectivity index is 1.98. The first-order valence-electron chi connectivity index (χ1n) is 8.12. The third kappa shape index (κ3) is 5.04. The van der Waals surface area contributed by atoms with E-state index in [-0.39, 0.29) is 30.1 Å². The first-order valence-corrected chi connectivity index (χ1v) is 8.12. The molecule has 10 heteroatoms. The van der Waals surface area contributed by atoms with E-state index in [4.69, 9.17) is 36.3 Å². The molecule has 1 aliphatic rings. The van der Waals surface area contributed by atoms with E-state index in [2.05, 4.69) is 0 Å². The minimum Gasteiger partial charge on any atom is -0.493 e. The molecule has 1 aromatic rings. The summed E-state index contributed by atoms with van der Waals surface area (Å²) in [4.78, 5) is 24.1. The van der Waals surface area contributed by atoms with Crippen LogP contribution < -0.4 is 14.2 Å². The maximum absolute atomic E-state index is 12.2. The van der Waals surface area contributed by atoms with Crippen molar-refractivity contribution < 1.29 is 43.1 Å². The van der Waals surface area contributed by atoms with Crippen molar-refractivity contribution in [3.05, 3.63) is 17.7 Å². The molecule has 1 aliphatic heterocycles. The molecule has 1 saturated heterocycles. The molecule has 2 rings (SSSR count). The van der Waals surface area contributed by atoms with Crippen LogP contribution in [0.25, 0.3) is 0 Å². The Hall–Kier alpha value is -2.46. The average molecular weight is 380 g/mol.